The van der Waals surface area contributed by atoms with Crippen LogP contribution in [0.25, 0.3) is 11.1 Å². The molecule has 0 aliphatic carbocycles. The summed E-state index contributed by atoms with van der Waals surface area (Å²) in [4.78, 5) is 4.79. The molecule has 2 nitrogen and oxygen atoms in total. The maximum absolute atomic E-state index is 6.18. The molecule has 1 aromatic carbocycles. The van der Waals surface area contributed by atoms with Crippen LogP contribution in [0, 0.1) is 5.38 Å². The summed E-state index contributed by atoms with van der Waals surface area (Å²) in [6.45, 7) is 4.30. The summed E-state index contributed by atoms with van der Waals surface area (Å²) in [6.07, 6.45) is 0. The topological polar surface area (TPSA) is 6.48 Å². The van der Waals surface area contributed by atoms with E-state index in [0.717, 1.165) is 31.2 Å². The molecule has 1 aliphatic rings. The second-order valence-electron chi connectivity index (χ2n) is 4.91. The molecule has 19 heavy (non-hydrogen) atoms. The molecule has 0 spiro atoms. The molecule has 0 N–H and O–H groups in total. The molecule has 0 unspecified atom stereocenters. The van der Waals surface area contributed by atoms with E-state index in [-0.39, 0.29) is 0 Å². The number of halogens is 1. The van der Waals surface area contributed by atoms with Crippen molar-refractivity contribution in [2.75, 3.05) is 38.1 Å². The smallest absolute Gasteiger partial charge is 0.0462 e. The van der Waals surface area contributed by atoms with Gasteiger partial charge in [0.2, 0.25) is 0 Å². The molecule has 3 rings (SSSR count). The molecule has 1 aliphatic heterocycles. The Morgan fingerprint density at radius 1 is 1.21 bits per heavy atom. The van der Waals surface area contributed by atoms with Gasteiger partial charge >= 0.3 is 0 Å². The Kier molecular flexibility index (Phi) is 3.78. The van der Waals surface area contributed by atoms with Crippen molar-refractivity contribution < 1.29 is 0 Å². The predicted molar refractivity (Wildman–Crippen MR) is 83.3 cm³/mol. The lowest BCUT2D eigenvalue weighted by atomic mass is 10.1. The molecule has 0 amide bonds. The summed E-state index contributed by atoms with van der Waals surface area (Å²) in [5.74, 6) is 0. The van der Waals surface area contributed by atoms with Crippen LogP contribution in [0.2, 0.25) is 5.02 Å². The van der Waals surface area contributed by atoms with Crippen molar-refractivity contribution >= 4 is 28.6 Å². The zero-order chi connectivity index (χ0) is 13.2. The van der Waals surface area contributed by atoms with Gasteiger partial charge in [0.05, 0.1) is 0 Å². The van der Waals surface area contributed by atoms with E-state index < -0.39 is 0 Å². The highest BCUT2D eigenvalue weighted by molar-refractivity contribution is 7.07. The van der Waals surface area contributed by atoms with Crippen molar-refractivity contribution in [2.24, 2.45) is 0 Å². The molecular weight excluding hydrogens is 276 g/mol. The minimum Gasteiger partial charge on any atom is -0.368 e. The Morgan fingerprint density at radius 2 is 2.00 bits per heavy atom. The summed E-state index contributed by atoms with van der Waals surface area (Å²) in [6, 6.07) is 8.22. The van der Waals surface area contributed by atoms with Crippen LogP contribution in [0.15, 0.2) is 29.6 Å². The van der Waals surface area contributed by atoms with E-state index >= 15 is 0 Å². The maximum Gasteiger partial charge on any atom is 0.0462 e. The highest BCUT2D eigenvalue weighted by Crippen LogP contribution is 2.34. The first kappa shape index (κ1) is 13.0. The Morgan fingerprint density at radius 3 is 2.68 bits per heavy atom. The lowest BCUT2D eigenvalue weighted by Gasteiger charge is -2.35. The largest absolute Gasteiger partial charge is 0.368 e. The molecular formula is C15H16ClN2S. The van der Waals surface area contributed by atoms with Crippen LogP contribution in [0.4, 0.5) is 5.69 Å². The summed E-state index contributed by atoms with van der Waals surface area (Å²) in [5, 5.41) is 6.11. The second kappa shape index (κ2) is 5.53. The van der Waals surface area contributed by atoms with E-state index in [9.17, 15) is 0 Å². The number of hydrogen-bond donors (Lipinski definition) is 0. The van der Waals surface area contributed by atoms with Gasteiger partial charge in [-0.15, -0.1) is 11.3 Å². The summed E-state index contributed by atoms with van der Waals surface area (Å²) >= 11 is 7.79. The first-order valence-electron chi connectivity index (χ1n) is 6.42. The van der Waals surface area contributed by atoms with E-state index in [1.165, 1.54) is 16.8 Å². The van der Waals surface area contributed by atoms with E-state index in [1.54, 1.807) is 11.3 Å². The van der Waals surface area contributed by atoms with E-state index in [0.29, 0.717) is 0 Å². The average Bonchev–Trinajstić information content (AvgIpc) is 2.93. The Bertz CT molecular complexity index is 545. The van der Waals surface area contributed by atoms with Gasteiger partial charge in [0.15, 0.2) is 0 Å². The van der Waals surface area contributed by atoms with E-state index in [2.05, 4.69) is 39.7 Å². The standard InChI is InChI=1S/C15H16ClN2S/c1-17-5-7-18(8-6-17)15-10-13(16)2-3-14(15)12-4-9-19-11-12/h2-4,10-11H,5-8H2,1H3. The quantitative estimate of drug-likeness (QED) is 0.834. The van der Waals surface area contributed by atoms with E-state index in [4.69, 9.17) is 11.6 Å². The fourth-order valence-corrected chi connectivity index (χ4v) is 3.18. The molecule has 4 heteroatoms. The number of thiophene rings is 1. The molecule has 1 aromatic heterocycles. The summed E-state index contributed by atoms with van der Waals surface area (Å²) < 4.78 is 0. The highest BCUT2D eigenvalue weighted by atomic mass is 35.5. The van der Waals surface area contributed by atoms with Crippen LogP contribution in [0.5, 0.6) is 0 Å². The van der Waals surface area contributed by atoms with Gasteiger partial charge in [0.25, 0.3) is 0 Å². The summed E-state index contributed by atoms with van der Waals surface area (Å²) in [7, 11) is 2.17. The SMILES string of the molecule is CN1CCN(c2cc(Cl)ccc2-c2c[c]sc2)CC1. The van der Waals surface area contributed by atoms with Gasteiger partial charge in [-0.25, -0.2) is 0 Å². The van der Waals surface area contributed by atoms with Crippen molar-refractivity contribution in [3.63, 3.8) is 0 Å². The number of rotatable bonds is 2. The van der Waals surface area contributed by atoms with Crippen LogP contribution in [0.1, 0.15) is 0 Å². The third-order valence-corrected chi connectivity index (χ3v) is 4.44. The highest BCUT2D eigenvalue weighted by Gasteiger charge is 2.18. The number of benzene rings is 1. The molecule has 1 radical (unpaired) electrons. The number of nitrogens with zero attached hydrogens (tertiary/aromatic N) is 2. The number of anilines is 1. The minimum absolute atomic E-state index is 0.803. The predicted octanol–water partition coefficient (Wildman–Crippen LogP) is 3.62. The van der Waals surface area contributed by atoms with Gasteiger partial charge in [-0.05, 0) is 36.2 Å². The molecule has 1 saturated heterocycles. The van der Waals surface area contributed by atoms with Crippen molar-refractivity contribution in [1.29, 1.82) is 0 Å². The van der Waals surface area contributed by atoms with Crippen LogP contribution in [-0.2, 0) is 0 Å². The lowest BCUT2D eigenvalue weighted by Crippen LogP contribution is -2.44. The van der Waals surface area contributed by atoms with Gasteiger partial charge in [0.1, 0.15) is 0 Å². The molecule has 2 aromatic rings. The van der Waals surface area contributed by atoms with Crippen LogP contribution in [-0.4, -0.2) is 38.1 Å². The molecule has 0 saturated carbocycles. The molecule has 99 valence electrons. The summed E-state index contributed by atoms with van der Waals surface area (Å²) in [5.41, 5.74) is 3.73. The van der Waals surface area contributed by atoms with Crippen molar-refractivity contribution in [3.05, 3.63) is 40.0 Å². The van der Waals surface area contributed by atoms with Gasteiger partial charge in [-0.3, -0.25) is 0 Å². The number of piperazine rings is 1. The third-order valence-electron chi connectivity index (χ3n) is 3.58. The second-order valence-corrected chi connectivity index (χ2v) is 6.05. The van der Waals surface area contributed by atoms with Crippen LogP contribution < -0.4 is 4.90 Å². The first-order valence-corrected chi connectivity index (χ1v) is 7.68. The van der Waals surface area contributed by atoms with E-state index in [1.807, 2.05) is 12.1 Å². The molecule has 0 atom stereocenters. The normalized spacial score (nSPS) is 16.8. The van der Waals surface area contributed by atoms with Gasteiger partial charge in [-0.1, -0.05) is 17.7 Å². The van der Waals surface area contributed by atoms with Crippen molar-refractivity contribution in [3.8, 4) is 11.1 Å². The first-order chi connectivity index (χ1) is 9.24. The zero-order valence-electron chi connectivity index (χ0n) is 10.9. The van der Waals surface area contributed by atoms with Crippen LogP contribution >= 0.6 is 22.9 Å². The maximum atomic E-state index is 6.18. The fraction of sp³-hybridized carbons (Fsp3) is 0.333. The Hall–Kier alpha value is -1.03. The molecule has 2 heterocycles. The molecule has 1 fully saturated rings. The van der Waals surface area contributed by atoms with Gasteiger partial charge < -0.3 is 9.80 Å². The number of likely N-dealkylation sites (N-methyl/N-ethyl adjacent to an activating group) is 1. The number of hydrogen-bond acceptors (Lipinski definition) is 3. The monoisotopic (exact) mass is 291 g/mol. The van der Waals surface area contributed by atoms with Crippen molar-refractivity contribution in [2.45, 2.75) is 0 Å². The molecule has 0 bridgehead atoms. The Labute approximate surface area is 123 Å². The lowest BCUT2D eigenvalue weighted by molar-refractivity contribution is 0.313. The van der Waals surface area contributed by atoms with Gasteiger partial charge in [-0.2, -0.15) is 0 Å². The van der Waals surface area contributed by atoms with Crippen molar-refractivity contribution in [1.82, 2.24) is 4.90 Å². The Balaban J connectivity index is 1.97. The third kappa shape index (κ3) is 2.78. The minimum atomic E-state index is 0.803. The fourth-order valence-electron chi connectivity index (χ4n) is 2.43. The van der Waals surface area contributed by atoms with Crippen LogP contribution in [0.3, 0.4) is 0 Å². The van der Waals surface area contributed by atoms with Gasteiger partial charge in [0, 0.05) is 47.8 Å². The zero-order valence-corrected chi connectivity index (χ0v) is 12.5. The average molecular weight is 292 g/mol.